The van der Waals surface area contributed by atoms with Crippen LogP contribution in [0.3, 0.4) is 0 Å². The Bertz CT molecular complexity index is 290. The fourth-order valence-electron chi connectivity index (χ4n) is 1.84. The van der Waals surface area contributed by atoms with Gasteiger partial charge in [-0.1, -0.05) is 58.0 Å². The molecule has 0 spiro atoms. The highest BCUT2D eigenvalue weighted by molar-refractivity contribution is 5.85. The zero-order valence-electron chi connectivity index (χ0n) is 11.5. The summed E-state index contributed by atoms with van der Waals surface area (Å²) in [4.78, 5) is 0. The van der Waals surface area contributed by atoms with Gasteiger partial charge < -0.3 is 5.32 Å². The normalized spacial score (nSPS) is 12.9. The highest BCUT2D eigenvalue weighted by Crippen LogP contribution is 2.18. The third-order valence-electron chi connectivity index (χ3n) is 2.81. The van der Waals surface area contributed by atoms with Crippen molar-refractivity contribution >= 4 is 12.4 Å². The molecule has 0 radical (unpaired) electrons. The average Bonchev–Trinajstić information content (AvgIpc) is 2.24. The summed E-state index contributed by atoms with van der Waals surface area (Å²) in [6.45, 7) is 11.2. The highest BCUT2D eigenvalue weighted by atomic mass is 35.5. The molecule has 1 nitrogen and oxygen atoms in total. The van der Waals surface area contributed by atoms with Gasteiger partial charge in [-0.05, 0) is 23.3 Å². The molecule has 1 atom stereocenters. The van der Waals surface area contributed by atoms with Crippen molar-refractivity contribution in [3.8, 4) is 0 Å². The molecule has 0 saturated heterocycles. The summed E-state index contributed by atoms with van der Waals surface area (Å²) in [6.07, 6.45) is 1.20. The summed E-state index contributed by atoms with van der Waals surface area (Å²) in [5.74, 6) is 0.642. The van der Waals surface area contributed by atoms with Gasteiger partial charge in [0.15, 0.2) is 0 Å². The minimum Gasteiger partial charge on any atom is -0.316 e. The van der Waals surface area contributed by atoms with Crippen LogP contribution in [0.15, 0.2) is 30.3 Å². The van der Waals surface area contributed by atoms with Gasteiger partial charge in [0.2, 0.25) is 0 Å². The summed E-state index contributed by atoms with van der Waals surface area (Å²) in [5, 5.41) is 3.57. The summed E-state index contributed by atoms with van der Waals surface area (Å²) in [6, 6.07) is 10.8. The Labute approximate surface area is 112 Å². The van der Waals surface area contributed by atoms with Crippen LogP contribution >= 0.6 is 12.4 Å². The van der Waals surface area contributed by atoms with Crippen LogP contribution in [-0.2, 0) is 0 Å². The molecule has 1 aromatic carbocycles. The Balaban J connectivity index is 0.00000256. The molecular weight excluding hydrogens is 230 g/mol. The molecule has 0 saturated carbocycles. The van der Waals surface area contributed by atoms with Gasteiger partial charge in [-0.15, -0.1) is 12.4 Å². The molecule has 0 bridgehead atoms. The smallest absolute Gasteiger partial charge is 0.00202 e. The second-order valence-electron chi connectivity index (χ2n) is 5.71. The van der Waals surface area contributed by atoms with Crippen molar-refractivity contribution in [2.24, 2.45) is 5.41 Å². The number of hydrogen-bond acceptors (Lipinski definition) is 1. The molecule has 0 aromatic heterocycles. The standard InChI is InChI=1S/C15H25N.ClH/c1-5-13(11-16-12-15(2,3)4)14-9-7-6-8-10-14;/h6-10,13,16H,5,11-12H2,1-4H3;1H. The SMILES string of the molecule is CCC(CNCC(C)(C)C)c1ccccc1.Cl. The monoisotopic (exact) mass is 255 g/mol. The lowest BCUT2D eigenvalue weighted by Gasteiger charge is -2.22. The molecule has 2 heteroatoms. The van der Waals surface area contributed by atoms with Crippen molar-refractivity contribution in [2.45, 2.75) is 40.0 Å². The first-order chi connectivity index (χ1) is 7.53. The molecule has 0 aliphatic heterocycles. The maximum absolute atomic E-state index is 3.57. The van der Waals surface area contributed by atoms with Gasteiger partial charge in [-0.25, -0.2) is 0 Å². The lowest BCUT2D eigenvalue weighted by molar-refractivity contribution is 0.372. The van der Waals surface area contributed by atoms with Gasteiger partial charge >= 0.3 is 0 Å². The minimum absolute atomic E-state index is 0. The maximum atomic E-state index is 3.57. The zero-order chi connectivity index (χ0) is 12.0. The van der Waals surface area contributed by atoms with Crippen molar-refractivity contribution in [2.75, 3.05) is 13.1 Å². The number of rotatable bonds is 5. The summed E-state index contributed by atoms with van der Waals surface area (Å²) in [7, 11) is 0. The summed E-state index contributed by atoms with van der Waals surface area (Å²) >= 11 is 0. The quantitative estimate of drug-likeness (QED) is 0.830. The Hall–Kier alpha value is -0.530. The van der Waals surface area contributed by atoms with E-state index < -0.39 is 0 Å². The van der Waals surface area contributed by atoms with Crippen LogP contribution in [0.1, 0.15) is 45.6 Å². The van der Waals surface area contributed by atoms with E-state index in [9.17, 15) is 0 Å². The van der Waals surface area contributed by atoms with Crippen molar-refractivity contribution in [3.63, 3.8) is 0 Å². The molecule has 98 valence electrons. The Morgan fingerprint density at radius 1 is 1.12 bits per heavy atom. The van der Waals surface area contributed by atoms with Gasteiger partial charge in [-0.3, -0.25) is 0 Å². The third-order valence-corrected chi connectivity index (χ3v) is 2.81. The first-order valence-electron chi connectivity index (χ1n) is 6.28. The second-order valence-corrected chi connectivity index (χ2v) is 5.71. The van der Waals surface area contributed by atoms with Gasteiger partial charge in [0, 0.05) is 13.1 Å². The molecule has 0 amide bonds. The molecule has 0 heterocycles. The molecule has 1 rings (SSSR count). The fraction of sp³-hybridized carbons (Fsp3) is 0.600. The van der Waals surface area contributed by atoms with E-state index in [4.69, 9.17) is 0 Å². The van der Waals surface area contributed by atoms with E-state index in [0.29, 0.717) is 11.3 Å². The topological polar surface area (TPSA) is 12.0 Å². The molecule has 17 heavy (non-hydrogen) atoms. The van der Waals surface area contributed by atoms with Crippen LogP contribution in [-0.4, -0.2) is 13.1 Å². The van der Waals surface area contributed by atoms with Crippen molar-refractivity contribution in [3.05, 3.63) is 35.9 Å². The largest absolute Gasteiger partial charge is 0.316 e. The van der Waals surface area contributed by atoms with Crippen LogP contribution in [0.5, 0.6) is 0 Å². The van der Waals surface area contributed by atoms with E-state index in [0.717, 1.165) is 13.1 Å². The van der Waals surface area contributed by atoms with E-state index >= 15 is 0 Å². The first-order valence-corrected chi connectivity index (χ1v) is 6.28. The van der Waals surface area contributed by atoms with E-state index in [2.05, 4.69) is 63.3 Å². The second kappa shape index (κ2) is 7.73. The van der Waals surface area contributed by atoms with E-state index in [1.165, 1.54) is 12.0 Å². The molecule has 1 N–H and O–H groups in total. The van der Waals surface area contributed by atoms with Crippen molar-refractivity contribution in [1.29, 1.82) is 0 Å². The first kappa shape index (κ1) is 16.5. The van der Waals surface area contributed by atoms with Crippen LogP contribution in [0, 0.1) is 5.41 Å². The number of hydrogen-bond donors (Lipinski definition) is 1. The van der Waals surface area contributed by atoms with E-state index in [1.54, 1.807) is 0 Å². The Morgan fingerprint density at radius 2 is 1.71 bits per heavy atom. The molecule has 0 fully saturated rings. The van der Waals surface area contributed by atoms with Gasteiger partial charge in [-0.2, -0.15) is 0 Å². The molecule has 1 unspecified atom stereocenters. The fourth-order valence-corrected chi connectivity index (χ4v) is 1.84. The highest BCUT2D eigenvalue weighted by Gasteiger charge is 2.12. The summed E-state index contributed by atoms with van der Waals surface area (Å²) < 4.78 is 0. The zero-order valence-corrected chi connectivity index (χ0v) is 12.3. The third kappa shape index (κ3) is 6.70. The number of nitrogens with one attached hydrogen (secondary N) is 1. The predicted molar refractivity (Wildman–Crippen MR) is 79.0 cm³/mol. The van der Waals surface area contributed by atoms with Gasteiger partial charge in [0.05, 0.1) is 0 Å². The lowest BCUT2D eigenvalue weighted by atomic mass is 9.94. The van der Waals surface area contributed by atoms with Crippen LogP contribution in [0.25, 0.3) is 0 Å². The summed E-state index contributed by atoms with van der Waals surface area (Å²) in [5.41, 5.74) is 1.82. The van der Waals surface area contributed by atoms with Crippen LogP contribution < -0.4 is 5.32 Å². The van der Waals surface area contributed by atoms with Crippen molar-refractivity contribution in [1.82, 2.24) is 5.32 Å². The van der Waals surface area contributed by atoms with Crippen LogP contribution in [0.2, 0.25) is 0 Å². The lowest BCUT2D eigenvalue weighted by Crippen LogP contribution is -2.30. The average molecular weight is 256 g/mol. The number of benzene rings is 1. The molecular formula is C15H26ClN. The van der Waals surface area contributed by atoms with Gasteiger partial charge in [0.25, 0.3) is 0 Å². The molecule has 0 aliphatic rings. The Morgan fingerprint density at radius 3 is 2.18 bits per heavy atom. The maximum Gasteiger partial charge on any atom is 0.00202 e. The van der Waals surface area contributed by atoms with E-state index in [-0.39, 0.29) is 12.4 Å². The molecule has 0 aliphatic carbocycles. The van der Waals surface area contributed by atoms with Crippen LogP contribution in [0.4, 0.5) is 0 Å². The predicted octanol–water partition coefficient (Wildman–Crippen LogP) is 4.24. The molecule has 1 aromatic rings. The number of halogens is 1. The van der Waals surface area contributed by atoms with E-state index in [1.807, 2.05) is 0 Å². The Kier molecular flexibility index (Phi) is 7.49. The van der Waals surface area contributed by atoms with Crippen molar-refractivity contribution < 1.29 is 0 Å². The minimum atomic E-state index is 0. The van der Waals surface area contributed by atoms with Gasteiger partial charge in [0.1, 0.15) is 0 Å².